The maximum Gasteiger partial charge on any atom is 0.254 e. The molecule has 1 aliphatic rings. The minimum Gasteiger partial charge on any atom is -0.356 e. The second kappa shape index (κ2) is 6.13. The number of nitrogens with one attached hydrogen (secondary N) is 1. The molecule has 0 spiro atoms. The lowest BCUT2D eigenvalue weighted by Gasteiger charge is -2.33. The van der Waals surface area contributed by atoms with Gasteiger partial charge in [0.15, 0.2) is 0 Å². The van der Waals surface area contributed by atoms with Crippen molar-refractivity contribution in [2.24, 2.45) is 7.05 Å². The van der Waals surface area contributed by atoms with Crippen molar-refractivity contribution in [1.82, 2.24) is 25.1 Å². The van der Waals surface area contributed by atoms with Crippen LogP contribution >= 0.6 is 0 Å². The summed E-state index contributed by atoms with van der Waals surface area (Å²) in [4.78, 5) is 22.9. The van der Waals surface area contributed by atoms with Crippen molar-refractivity contribution in [3.05, 3.63) is 36.0 Å². The second-order valence-electron chi connectivity index (χ2n) is 5.60. The van der Waals surface area contributed by atoms with E-state index in [4.69, 9.17) is 0 Å². The predicted molar refractivity (Wildman–Crippen MR) is 82.7 cm³/mol. The molecule has 1 aliphatic heterocycles. The van der Waals surface area contributed by atoms with E-state index in [2.05, 4.69) is 25.3 Å². The fraction of sp³-hybridized carbons (Fsp3) is 0.467. The molecule has 7 nitrogen and oxygen atoms in total. The molecule has 1 N–H and O–H groups in total. The highest BCUT2D eigenvalue weighted by atomic mass is 16.1. The Morgan fingerprint density at radius 2 is 2.14 bits per heavy atom. The van der Waals surface area contributed by atoms with Gasteiger partial charge >= 0.3 is 0 Å². The SMILES string of the molecule is Cc1nccc(N2CCC(NC(=O)c3cnn(C)c3)CC2)n1. The van der Waals surface area contributed by atoms with E-state index in [9.17, 15) is 4.79 Å². The normalized spacial score (nSPS) is 15.8. The Morgan fingerprint density at radius 3 is 2.77 bits per heavy atom. The van der Waals surface area contributed by atoms with Crippen molar-refractivity contribution in [2.45, 2.75) is 25.8 Å². The van der Waals surface area contributed by atoms with Crippen LogP contribution in [0, 0.1) is 6.92 Å². The van der Waals surface area contributed by atoms with Crippen LogP contribution < -0.4 is 10.2 Å². The van der Waals surface area contributed by atoms with Crippen molar-refractivity contribution >= 4 is 11.7 Å². The molecule has 0 aliphatic carbocycles. The van der Waals surface area contributed by atoms with Gasteiger partial charge in [-0.1, -0.05) is 0 Å². The highest BCUT2D eigenvalue weighted by Gasteiger charge is 2.22. The third-order valence-corrected chi connectivity index (χ3v) is 3.88. The molecular formula is C15H20N6O. The highest BCUT2D eigenvalue weighted by molar-refractivity contribution is 5.93. The first-order valence-corrected chi connectivity index (χ1v) is 7.46. The lowest BCUT2D eigenvalue weighted by molar-refractivity contribution is 0.0931. The van der Waals surface area contributed by atoms with Crippen LogP contribution in [0.1, 0.15) is 29.0 Å². The van der Waals surface area contributed by atoms with Crippen LogP contribution in [-0.2, 0) is 7.05 Å². The van der Waals surface area contributed by atoms with E-state index in [0.29, 0.717) is 5.56 Å². The predicted octanol–water partition coefficient (Wildman–Crippen LogP) is 0.917. The van der Waals surface area contributed by atoms with Crippen LogP contribution in [0.4, 0.5) is 5.82 Å². The molecule has 7 heteroatoms. The van der Waals surface area contributed by atoms with E-state index in [1.165, 1.54) is 0 Å². The first-order chi connectivity index (χ1) is 10.6. The number of piperidine rings is 1. The van der Waals surface area contributed by atoms with E-state index in [1.54, 1.807) is 30.3 Å². The van der Waals surface area contributed by atoms with Crippen LogP contribution in [0.3, 0.4) is 0 Å². The number of rotatable bonds is 3. The number of carbonyl (C=O) groups excluding carboxylic acids is 1. The molecule has 116 valence electrons. The monoisotopic (exact) mass is 300 g/mol. The summed E-state index contributed by atoms with van der Waals surface area (Å²) in [6, 6.07) is 2.13. The molecule has 1 fully saturated rings. The maximum absolute atomic E-state index is 12.1. The fourth-order valence-corrected chi connectivity index (χ4v) is 2.68. The number of anilines is 1. The van der Waals surface area contributed by atoms with Crippen molar-refractivity contribution in [3.63, 3.8) is 0 Å². The molecule has 3 heterocycles. The summed E-state index contributed by atoms with van der Waals surface area (Å²) in [7, 11) is 1.80. The summed E-state index contributed by atoms with van der Waals surface area (Å²) >= 11 is 0. The fourth-order valence-electron chi connectivity index (χ4n) is 2.68. The van der Waals surface area contributed by atoms with Crippen LogP contribution in [0.5, 0.6) is 0 Å². The average molecular weight is 300 g/mol. The molecular weight excluding hydrogens is 280 g/mol. The molecule has 0 radical (unpaired) electrons. The number of amides is 1. The Bertz CT molecular complexity index is 660. The van der Waals surface area contributed by atoms with Gasteiger partial charge in [0.2, 0.25) is 0 Å². The average Bonchev–Trinajstić information content (AvgIpc) is 2.95. The molecule has 0 unspecified atom stereocenters. The molecule has 0 atom stereocenters. The number of aryl methyl sites for hydroxylation is 2. The number of aromatic nitrogens is 4. The first kappa shape index (κ1) is 14.5. The largest absolute Gasteiger partial charge is 0.356 e. The summed E-state index contributed by atoms with van der Waals surface area (Å²) in [5, 5.41) is 7.10. The Morgan fingerprint density at radius 1 is 1.36 bits per heavy atom. The van der Waals surface area contributed by atoms with Crippen LogP contribution in [0.15, 0.2) is 24.7 Å². The summed E-state index contributed by atoms with van der Waals surface area (Å²) in [6.07, 6.45) is 6.93. The van der Waals surface area contributed by atoms with Gasteiger partial charge in [-0.2, -0.15) is 5.10 Å². The lowest BCUT2D eigenvalue weighted by Crippen LogP contribution is -2.45. The Hall–Kier alpha value is -2.44. The zero-order chi connectivity index (χ0) is 15.5. The van der Waals surface area contributed by atoms with Gasteiger partial charge in [-0.3, -0.25) is 9.48 Å². The van der Waals surface area contributed by atoms with E-state index in [-0.39, 0.29) is 11.9 Å². The van der Waals surface area contributed by atoms with Gasteiger partial charge in [-0.25, -0.2) is 9.97 Å². The smallest absolute Gasteiger partial charge is 0.254 e. The zero-order valence-corrected chi connectivity index (χ0v) is 12.9. The third-order valence-electron chi connectivity index (χ3n) is 3.88. The molecule has 2 aromatic rings. The molecule has 1 amide bonds. The van der Waals surface area contributed by atoms with Gasteiger partial charge < -0.3 is 10.2 Å². The van der Waals surface area contributed by atoms with Gasteiger partial charge in [-0.15, -0.1) is 0 Å². The van der Waals surface area contributed by atoms with E-state index >= 15 is 0 Å². The van der Waals surface area contributed by atoms with E-state index in [0.717, 1.165) is 37.6 Å². The van der Waals surface area contributed by atoms with Crippen LogP contribution in [0.25, 0.3) is 0 Å². The number of hydrogen-bond donors (Lipinski definition) is 1. The van der Waals surface area contributed by atoms with E-state index < -0.39 is 0 Å². The molecule has 0 saturated carbocycles. The van der Waals surface area contributed by atoms with Gasteiger partial charge in [0.1, 0.15) is 11.6 Å². The molecule has 2 aromatic heterocycles. The second-order valence-corrected chi connectivity index (χ2v) is 5.60. The number of nitrogens with zero attached hydrogens (tertiary/aromatic N) is 5. The minimum absolute atomic E-state index is 0.0515. The van der Waals surface area contributed by atoms with E-state index in [1.807, 2.05) is 13.0 Å². The zero-order valence-electron chi connectivity index (χ0n) is 12.9. The lowest BCUT2D eigenvalue weighted by atomic mass is 10.0. The maximum atomic E-state index is 12.1. The van der Waals surface area contributed by atoms with Gasteiger partial charge in [-0.05, 0) is 25.8 Å². The summed E-state index contributed by atoms with van der Waals surface area (Å²) in [5.41, 5.74) is 0.608. The summed E-state index contributed by atoms with van der Waals surface area (Å²) in [5.74, 6) is 1.69. The Labute approximate surface area is 129 Å². The minimum atomic E-state index is -0.0515. The quantitative estimate of drug-likeness (QED) is 0.912. The molecule has 3 rings (SSSR count). The third kappa shape index (κ3) is 3.24. The Balaban J connectivity index is 1.54. The van der Waals surface area contributed by atoms with Crippen molar-refractivity contribution in [3.8, 4) is 0 Å². The highest BCUT2D eigenvalue weighted by Crippen LogP contribution is 2.17. The van der Waals surface area contributed by atoms with Crippen LogP contribution in [-0.4, -0.2) is 44.8 Å². The number of carbonyl (C=O) groups is 1. The standard InChI is InChI=1S/C15H20N6O/c1-11-16-6-3-14(18-11)21-7-4-13(5-8-21)19-15(22)12-9-17-20(2)10-12/h3,6,9-10,13H,4-5,7-8H2,1-2H3,(H,19,22). The topological polar surface area (TPSA) is 75.9 Å². The summed E-state index contributed by atoms with van der Waals surface area (Å²) in [6.45, 7) is 3.66. The number of hydrogen-bond acceptors (Lipinski definition) is 5. The van der Waals surface area contributed by atoms with Gasteiger partial charge in [0.05, 0.1) is 11.8 Å². The van der Waals surface area contributed by atoms with Crippen molar-refractivity contribution in [2.75, 3.05) is 18.0 Å². The first-order valence-electron chi connectivity index (χ1n) is 7.46. The molecule has 1 saturated heterocycles. The van der Waals surface area contributed by atoms with Gasteiger partial charge in [0.25, 0.3) is 5.91 Å². The van der Waals surface area contributed by atoms with Crippen molar-refractivity contribution < 1.29 is 4.79 Å². The van der Waals surface area contributed by atoms with Gasteiger partial charge in [0, 0.05) is 38.6 Å². The van der Waals surface area contributed by atoms with Crippen molar-refractivity contribution in [1.29, 1.82) is 0 Å². The molecule has 0 bridgehead atoms. The molecule has 22 heavy (non-hydrogen) atoms. The van der Waals surface area contributed by atoms with Crippen LogP contribution in [0.2, 0.25) is 0 Å². The summed E-state index contributed by atoms with van der Waals surface area (Å²) < 4.78 is 1.63. The molecule has 0 aromatic carbocycles. The Kier molecular flexibility index (Phi) is 4.04.